The van der Waals surface area contributed by atoms with Gasteiger partial charge in [-0.2, -0.15) is 10.2 Å². The predicted molar refractivity (Wildman–Crippen MR) is 108 cm³/mol. The van der Waals surface area contributed by atoms with Gasteiger partial charge in [0, 0.05) is 38.4 Å². The van der Waals surface area contributed by atoms with Gasteiger partial charge >= 0.3 is 0 Å². The van der Waals surface area contributed by atoms with Gasteiger partial charge in [-0.15, -0.1) is 0 Å². The SMILES string of the molecule is CCn1cc(NC(=O)CCn2cc(I)c(C)n2)c(C(=O)NCC(C)C)n1. The van der Waals surface area contributed by atoms with Crippen LogP contribution in [0.1, 0.15) is 43.4 Å². The number of anilines is 1. The zero-order valence-corrected chi connectivity index (χ0v) is 17.7. The van der Waals surface area contributed by atoms with E-state index in [2.05, 4.69) is 43.4 Å². The molecule has 0 spiro atoms. The predicted octanol–water partition coefficient (Wildman–Crippen LogP) is 2.43. The van der Waals surface area contributed by atoms with E-state index in [-0.39, 0.29) is 23.9 Å². The molecule has 0 aliphatic heterocycles. The van der Waals surface area contributed by atoms with Crippen LogP contribution in [0.3, 0.4) is 0 Å². The number of nitrogens with zero attached hydrogens (tertiary/aromatic N) is 4. The van der Waals surface area contributed by atoms with E-state index in [1.807, 2.05) is 33.9 Å². The summed E-state index contributed by atoms with van der Waals surface area (Å²) in [5.74, 6) is -0.120. The first kappa shape index (κ1) is 20.4. The highest BCUT2D eigenvalue weighted by Gasteiger charge is 2.18. The molecule has 142 valence electrons. The molecule has 0 saturated heterocycles. The van der Waals surface area contributed by atoms with Gasteiger partial charge in [-0.05, 0) is 42.4 Å². The van der Waals surface area contributed by atoms with E-state index in [1.54, 1.807) is 15.6 Å². The molecule has 0 unspecified atom stereocenters. The van der Waals surface area contributed by atoms with Crippen molar-refractivity contribution < 1.29 is 9.59 Å². The number of rotatable bonds is 8. The highest BCUT2D eigenvalue weighted by molar-refractivity contribution is 14.1. The van der Waals surface area contributed by atoms with Gasteiger partial charge < -0.3 is 10.6 Å². The number of hydrogen-bond acceptors (Lipinski definition) is 4. The number of hydrogen-bond donors (Lipinski definition) is 2. The molecule has 0 radical (unpaired) electrons. The monoisotopic (exact) mass is 472 g/mol. The number of halogens is 1. The molecule has 0 fully saturated rings. The van der Waals surface area contributed by atoms with Crippen LogP contribution in [0.4, 0.5) is 5.69 Å². The Balaban J connectivity index is 2.01. The van der Waals surface area contributed by atoms with Crippen LogP contribution < -0.4 is 10.6 Å². The van der Waals surface area contributed by atoms with Crippen molar-refractivity contribution in [3.05, 3.63) is 27.4 Å². The Morgan fingerprint density at radius 2 is 1.96 bits per heavy atom. The maximum absolute atomic E-state index is 12.3. The lowest BCUT2D eigenvalue weighted by Crippen LogP contribution is -2.29. The lowest BCUT2D eigenvalue weighted by molar-refractivity contribution is -0.116. The van der Waals surface area contributed by atoms with Crippen molar-refractivity contribution in [2.24, 2.45) is 5.92 Å². The minimum atomic E-state index is -0.279. The Bertz CT molecular complexity index is 761. The molecule has 0 aliphatic carbocycles. The lowest BCUT2D eigenvalue weighted by atomic mass is 10.2. The van der Waals surface area contributed by atoms with Gasteiger partial charge in [0.25, 0.3) is 5.91 Å². The molecular formula is C17H25IN6O2. The second kappa shape index (κ2) is 9.15. The number of carbonyl (C=O) groups is 2. The molecule has 2 N–H and O–H groups in total. The minimum absolute atomic E-state index is 0.179. The summed E-state index contributed by atoms with van der Waals surface area (Å²) >= 11 is 2.21. The molecule has 8 nitrogen and oxygen atoms in total. The first-order chi connectivity index (χ1) is 12.3. The van der Waals surface area contributed by atoms with Crippen molar-refractivity contribution in [1.82, 2.24) is 24.9 Å². The lowest BCUT2D eigenvalue weighted by Gasteiger charge is -2.08. The van der Waals surface area contributed by atoms with Crippen molar-refractivity contribution in [2.75, 3.05) is 11.9 Å². The van der Waals surface area contributed by atoms with E-state index >= 15 is 0 Å². The van der Waals surface area contributed by atoms with Crippen molar-refractivity contribution in [1.29, 1.82) is 0 Å². The Kier molecular flexibility index (Phi) is 7.18. The highest BCUT2D eigenvalue weighted by Crippen LogP contribution is 2.15. The molecule has 0 bridgehead atoms. The molecule has 2 aromatic heterocycles. The summed E-state index contributed by atoms with van der Waals surface area (Å²) in [6.45, 7) is 9.55. The van der Waals surface area contributed by atoms with Crippen molar-refractivity contribution in [2.45, 2.75) is 47.2 Å². The first-order valence-electron chi connectivity index (χ1n) is 8.65. The van der Waals surface area contributed by atoms with Crippen molar-refractivity contribution >= 4 is 40.1 Å². The number of amides is 2. The quantitative estimate of drug-likeness (QED) is 0.578. The Labute approximate surface area is 166 Å². The summed E-state index contributed by atoms with van der Waals surface area (Å²) in [6, 6.07) is 0. The van der Waals surface area contributed by atoms with Crippen LogP contribution in [-0.2, 0) is 17.9 Å². The summed E-state index contributed by atoms with van der Waals surface area (Å²) < 4.78 is 4.46. The third kappa shape index (κ3) is 5.55. The third-order valence-electron chi connectivity index (χ3n) is 3.70. The average Bonchev–Trinajstić information content (AvgIpc) is 3.14. The van der Waals surface area contributed by atoms with E-state index in [9.17, 15) is 9.59 Å². The Morgan fingerprint density at radius 1 is 1.23 bits per heavy atom. The Hall–Kier alpha value is -1.91. The number of nitrogens with one attached hydrogen (secondary N) is 2. The fourth-order valence-electron chi connectivity index (χ4n) is 2.26. The second-order valence-corrected chi connectivity index (χ2v) is 7.64. The molecule has 0 aliphatic rings. The summed E-state index contributed by atoms with van der Waals surface area (Å²) in [5.41, 5.74) is 1.62. The standard InChI is InChI=1S/C17H25IN6O2/c1-5-23-10-14(16(22-23)17(26)19-8-11(2)3)20-15(25)6-7-24-9-13(18)12(4)21-24/h9-11H,5-8H2,1-4H3,(H,19,26)(H,20,25). The molecule has 9 heteroatoms. The largest absolute Gasteiger partial charge is 0.350 e. The molecule has 2 heterocycles. The van der Waals surface area contributed by atoms with E-state index in [4.69, 9.17) is 0 Å². The summed E-state index contributed by atoms with van der Waals surface area (Å²) in [7, 11) is 0. The zero-order valence-electron chi connectivity index (χ0n) is 15.5. The van der Waals surface area contributed by atoms with Gasteiger partial charge in [0.1, 0.15) is 0 Å². The third-order valence-corrected chi connectivity index (χ3v) is 4.76. The van der Waals surface area contributed by atoms with Crippen LogP contribution in [0.15, 0.2) is 12.4 Å². The fraction of sp³-hybridized carbons (Fsp3) is 0.529. The summed E-state index contributed by atoms with van der Waals surface area (Å²) in [6.07, 6.45) is 3.85. The van der Waals surface area contributed by atoms with Crippen LogP contribution in [0, 0.1) is 16.4 Å². The van der Waals surface area contributed by atoms with Gasteiger partial charge in [0.2, 0.25) is 5.91 Å². The highest BCUT2D eigenvalue weighted by atomic mass is 127. The van der Waals surface area contributed by atoms with Crippen molar-refractivity contribution in [3.8, 4) is 0 Å². The minimum Gasteiger partial charge on any atom is -0.350 e. The zero-order chi connectivity index (χ0) is 19.3. The van der Waals surface area contributed by atoms with E-state index in [0.29, 0.717) is 31.2 Å². The summed E-state index contributed by atoms with van der Waals surface area (Å²) in [5, 5.41) is 14.2. The molecule has 2 amide bonds. The topological polar surface area (TPSA) is 93.8 Å². The number of aromatic nitrogens is 4. The normalized spacial score (nSPS) is 11.0. The number of aryl methyl sites for hydroxylation is 3. The van der Waals surface area contributed by atoms with Gasteiger partial charge in [-0.1, -0.05) is 13.8 Å². The molecule has 0 aromatic carbocycles. The van der Waals surface area contributed by atoms with E-state index < -0.39 is 0 Å². The molecule has 0 atom stereocenters. The second-order valence-electron chi connectivity index (χ2n) is 6.47. The molecule has 2 aromatic rings. The maximum atomic E-state index is 12.3. The summed E-state index contributed by atoms with van der Waals surface area (Å²) in [4.78, 5) is 24.6. The van der Waals surface area contributed by atoms with Gasteiger partial charge in [0.15, 0.2) is 5.69 Å². The van der Waals surface area contributed by atoms with E-state index in [1.165, 1.54) is 0 Å². The van der Waals surface area contributed by atoms with Crippen LogP contribution >= 0.6 is 22.6 Å². The average molecular weight is 472 g/mol. The molecule has 26 heavy (non-hydrogen) atoms. The van der Waals surface area contributed by atoms with Gasteiger partial charge in [-0.3, -0.25) is 19.0 Å². The molecule has 2 rings (SSSR count). The van der Waals surface area contributed by atoms with Crippen LogP contribution in [0.25, 0.3) is 0 Å². The van der Waals surface area contributed by atoms with Gasteiger partial charge in [0.05, 0.1) is 15.0 Å². The molecular weight excluding hydrogens is 447 g/mol. The Morgan fingerprint density at radius 3 is 2.54 bits per heavy atom. The molecule has 0 saturated carbocycles. The van der Waals surface area contributed by atoms with E-state index in [0.717, 1.165) is 9.26 Å². The first-order valence-corrected chi connectivity index (χ1v) is 9.73. The van der Waals surface area contributed by atoms with Gasteiger partial charge in [-0.25, -0.2) is 0 Å². The van der Waals surface area contributed by atoms with Crippen LogP contribution in [0.2, 0.25) is 0 Å². The number of carbonyl (C=O) groups excluding carboxylic acids is 2. The smallest absolute Gasteiger partial charge is 0.273 e. The fourth-order valence-corrected chi connectivity index (χ4v) is 2.69. The van der Waals surface area contributed by atoms with Crippen molar-refractivity contribution in [3.63, 3.8) is 0 Å². The maximum Gasteiger partial charge on any atom is 0.273 e. The van der Waals surface area contributed by atoms with Crippen LogP contribution in [0.5, 0.6) is 0 Å². The van der Waals surface area contributed by atoms with Crippen LogP contribution in [-0.4, -0.2) is 37.9 Å².